The highest BCUT2D eigenvalue weighted by atomic mass is 16.5. The molecule has 3 rings (SSSR count). The minimum atomic E-state index is -0.122. The molecule has 1 saturated heterocycles. The summed E-state index contributed by atoms with van der Waals surface area (Å²) >= 11 is 0. The average Bonchev–Trinajstić information content (AvgIpc) is 2.77. The van der Waals surface area contributed by atoms with E-state index in [0.29, 0.717) is 17.2 Å². The predicted octanol–water partition coefficient (Wildman–Crippen LogP) is 4.15. The molecule has 0 spiro atoms. The summed E-state index contributed by atoms with van der Waals surface area (Å²) in [6.07, 6.45) is 4.08. The fraction of sp³-hybridized carbons (Fsp3) is 0.417. The number of piperidine rings is 1. The molecule has 0 aliphatic carbocycles. The molecule has 6 heteroatoms. The van der Waals surface area contributed by atoms with Crippen LogP contribution in [0.4, 0.5) is 5.69 Å². The monoisotopic (exact) mass is 410 g/mol. The Kier molecular flexibility index (Phi) is 7.33. The molecule has 2 amide bonds. The number of methoxy groups -OCH3 is 2. The van der Waals surface area contributed by atoms with Gasteiger partial charge in [-0.2, -0.15) is 0 Å². The highest BCUT2D eigenvalue weighted by molar-refractivity contribution is 5.95. The van der Waals surface area contributed by atoms with Gasteiger partial charge < -0.3 is 19.7 Å². The van der Waals surface area contributed by atoms with Gasteiger partial charge in [0.25, 0.3) is 5.91 Å². The first-order chi connectivity index (χ1) is 14.5. The van der Waals surface area contributed by atoms with Crippen molar-refractivity contribution >= 4 is 17.5 Å². The fourth-order valence-corrected chi connectivity index (χ4v) is 3.89. The molecule has 1 aliphatic heterocycles. The average molecular weight is 411 g/mol. The molecule has 2 aromatic carbocycles. The maximum Gasteiger partial charge on any atom is 0.253 e. The summed E-state index contributed by atoms with van der Waals surface area (Å²) in [5.74, 6) is 2.17. The Bertz CT molecular complexity index is 849. The topological polar surface area (TPSA) is 67.9 Å². The number of nitrogens with one attached hydrogen (secondary N) is 1. The van der Waals surface area contributed by atoms with Gasteiger partial charge in [0.1, 0.15) is 11.5 Å². The minimum absolute atomic E-state index is 0.0559. The van der Waals surface area contributed by atoms with Crippen molar-refractivity contribution in [3.8, 4) is 11.5 Å². The van der Waals surface area contributed by atoms with Crippen LogP contribution >= 0.6 is 0 Å². The van der Waals surface area contributed by atoms with E-state index in [1.54, 1.807) is 38.5 Å². The highest BCUT2D eigenvalue weighted by Gasteiger charge is 2.23. The van der Waals surface area contributed by atoms with Gasteiger partial charge in [-0.15, -0.1) is 0 Å². The van der Waals surface area contributed by atoms with Crippen LogP contribution in [0, 0.1) is 5.92 Å². The zero-order chi connectivity index (χ0) is 21.5. The van der Waals surface area contributed by atoms with Gasteiger partial charge in [0, 0.05) is 37.3 Å². The Balaban J connectivity index is 1.50. The lowest BCUT2D eigenvalue weighted by atomic mass is 9.90. The Morgan fingerprint density at radius 3 is 2.13 bits per heavy atom. The maximum atomic E-state index is 12.8. The lowest BCUT2D eigenvalue weighted by molar-refractivity contribution is -0.114. The normalized spacial score (nSPS) is 14.3. The molecule has 1 N–H and O–H groups in total. The largest absolute Gasteiger partial charge is 0.497 e. The molecule has 1 heterocycles. The van der Waals surface area contributed by atoms with E-state index in [1.807, 2.05) is 11.0 Å². The van der Waals surface area contributed by atoms with E-state index >= 15 is 0 Å². The molecule has 2 aromatic rings. The zero-order valence-electron chi connectivity index (χ0n) is 17.9. The van der Waals surface area contributed by atoms with E-state index < -0.39 is 0 Å². The van der Waals surface area contributed by atoms with E-state index in [2.05, 4.69) is 17.4 Å². The van der Waals surface area contributed by atoms with Gasteiger partial charge in [-0.05, 0) is 73.6 Å². The molecule has 0 aromatic heterocycles. The Morgan fingerprint density at radius 2 is 1.60 bits per heavy atom. The first kappa shape index (κ1) is 21.7. The van der Waals surface area contributed by atoms with E-state index in [9.17, 15) is 9.59 Å². The van der Waals surface area contributed by atoms with Gasteiger partial charge in [0.15, 0.2) is 0 Å². The van der Waals surface area contributed by atoms with Crippen molar-refractivity contribution in [1.82, 2.24) is 4.90 Å². The van der Waals surface area contributed by atoms with Crippen molar-refractivity contribution < 1.29 is 19.1 Å². The first-order valence-corrected chi connectivity index (χ1v) is 10.4. The molecule has 160 valence electrons. The molecule has 0 atom stereocenters. The van der Waals surface area contributed by atoms with Crippen molar-refractivity contribution in [1.29, 1.82) is 0 Å². The van der Waals surface area contributed by atoms with Gasteiger partial charge in [-0.3, -0.25) is 9.59 Å². The molecule has 0 saturated carbocycles. The van der Waals surface area contributed by atoms with Crippen molar-refractivity contribution in [2.45, 2.75) is 32.6 Å². The first-order valence-electron chi connectivity index (χ1n) is 10.4. The van der Waals surface area contributed by atoms with Gasteiger partial charge in [-0.25, -0.2) is 0 Å². The van der Waals surface area contributed by atoms with Crippen LogP contribution in [0.15, 0.2) is 42.5 Å². The number of ether oxygens (including phenoxy) is 2. The molecule has 0 radical (unpaired) electrons. The Labute approximate surface area is 178 Å². The van der Waals surface area contributed by atoms with Crippen LogP contribution in [0.1, 0.15) is 42.1 Å². The number of anilines is 1. The summed E-state index contributed by atoms with van der Waals surface area (Å²) in [5, 5.41) is 2.72. The van der Waals surface area contributed by atoms with Crippen LogP contribution in [0.2, 0.25) is 0 Å². The van der Waals surface area contributed by atoms with Gasteiger partial charge in [0.2, 0.25) is 5.91 Å². The van der Waals surface area contributed by atoms with Crippen LogP contribution < -0.4 is 14.8 Å². The fourth-order valence-electron chi connectivity index (χ4n) is 3.89. The van der Waals surface area contributed by atoms with Crippen LogP contribution in [0.25, 0.3) is 0 Å². The molecule has 30 heavy (non-hydrogen) atoms. The molecule has 0 unspecified atom stereocenters. The number of nitrogens with zero attached hydrogens (tertiary/aromatic N) is 1. The molecular weight excluding hydrogens is 380 g/mol. The summed E-state index contributed by atoms with van der Waals surface area (Å²) in [6.45, 7) is 3.02. The maximum absolute atomic E-state index is 12.8. The van der Waals surface area contributed by atoms with E-state index in [-0.39, 0.29) is 11.8 Å². The number of hydrogen-bond donors (Lipinski definition) is 1. The summed E-state index contributed by atoms with van der Waals surface area (Å²) in [7, 11) is 3.33. The second kappa shape index (κ2) is 10.1. The predicted molar refractivity (Wildman–Crippen MR) is 117 cm³/mol. The lowest BCUT2D eigenvalue weighted by Gasteiger charge is -2.32. The Hall–Kier alpha value is -3.02. The minimum Gasteiger partial charge on any atom is -0.497 e. The van der Waals surface area contributed by atoms with Gasteiger partial charge in [0.05, 0.1) is 14.2 Å². The van der Waals surface area contributed by atoms with Crippen LogP contribution in [-0.2, 0) is 11.2 Å². The van der Waals surface area contributed by atoms with E-state index in [0.717, 1.165) is 50.3 Å². The second-order valence-electron chi connectivity index (χ2n) is 7.75. The summed E-state index contributed by atoms with van der Waals surface area (Å²) in [5.41, 5.74) is 2.57. The number of likely N-dealkylation sites (tertiary alicyclic amines) is 1. The smallest absolute Gasteiger partial charge is 0.253 e. The molecule has 0 bridgehead atoms. The molecule has 1 aliphatic rings. The van der Waals surface area contributed by atoms with E-state index in [1.165, 1.54) is 12.5 Å². The Morgan fingerprint density at radius 1 is 1.00 bits per heavy atom. The summed E-state index contributed by atoms with van der Waals surface area (Å²) < 4.78 is 10.7. The van der Waals surface area contributed by atoms with Crippen LogP contribution in [-0.4, -0.2) is 44.0 Å². The number of carbonyl (C=O) groups is 2. The third-order valence-electron chi connectivity index (χ3n) is 5.61. The zero-order valence-corrected chi connectivity index (χ0v) is 17.9. The lowest BCUT2D eigenvalue weighted by Crippen LogP contribution is -2.38. The standard InChI is InChI=1S/C24H30N2O4/c1-17(27)25-21-8-6-20(7-9-21)24(28)26-12-10-18(11-13-26)4-5-19-14-22(29-2)16-23(15-19)30-3/h6-9,14-16,18H,4-5,10-13H2,1-3H3,(H,25,27). The number of amides is 2. The second-order valence-corrected chi connectivity index (χ2v) is 7.75. The van der Waals surface area contributed by atoms with E-state index in [4.69, 9.17) is 9.47 Å². The van der Waals surface area contributed by atoms with Crippen LogP contribution in [0.3, 0.4) is 0 Å². The van der Waals surface area contributed by atoms with Crippen molar-refractivity contribution in [3.63, 3.8) is 0 Å². The number of benzene rings is 2. The quantitative estimate of drug-likeness (QED) is 0.745. The highest BCUT2D eigenvalue weighted by Crippen LogP contribution is 2.27. The van der Waals surface area contributed by atoms with Crippen molar-refractivity contribution in [2.24, 2.45) is 5.92 Å². The number of carbonyl (C=O) groups excluding carboxylic acids is 2. The molecule has 6 nitrogen and oxygen atoms in total. The number of aryl methyl sites for hydroxylation is 1. The SMILES string of the molecule is COc1cc(CCC2CCN(C(=O)c3ccc(NC(C)=O)cc3)CC2)cc(OC)c1. The third-order valence-corrected chi connectivity index (χ3v) is 5.61. The summed E-state index contributed by atoms with van der Waals surface area (Å²) in [4.78, 5) is 25.8. The number of rotatable bonds is 7. The van der Waals surface area contributed by atoms with Crippen molar-refractivity contribution in [2.75, 3.05) is 32.6 Å². The van der Waals surface area contributed by atoms with Gasteiger partial charge >= 0.3 is 0 Å². The number of hydrogen-bond acceptors (Lipinski definition) is 4. The summed E-state index contributed by atoms with van der Waals surface area (Å²) in [6, 6.07) is 13.1. The van der Waals surface area contributed by atoms with Crippen LogP contribution in [0.5, 0.6) is 11.5 Å². The van der Waals surface area contributed by atoms with Crippen molar-refractivity contribution in [3.05, 3.63) is 53.6 Å². The van der Waals surface area contributed by atoms with Gasteiger partial charge in [-0.1, -0.05) is 0 Å². The third kappa shape index (κ3) is 5.75. The molecule has 1 fully saturated rings. The molecular formula is C24H30N2O4.